The summed E-state index contributed by atoms with van der Waals surface area (Å²) in [4.78, 5) is 24.2. The minimum absolute atomic E-state index is 0.0515. The van der Waals surface area contributed by atoms with Crippen LogP contribution in [0.3, 0.4) is 0 Å². The molecular weight excluding hydrogens is 344 g/mol. The van der Waals surface area contributed by atoms with Gasteiger partial charge in [0, 0.05) is 22.7 Å². The Morgan fingerprint density at radius 1 is 1.30 bits per heavy atom. The summed E-state index contributed by atoms with van der Waals surface area (Å²) in [6, 6.07) is 7.70. The van der Waals surface area contributed by atoms with E-state index in [0.717, 1.165) is 16.5 Å². The summed E-state index contributed by atoms with van der Waals surface area (Å²) in [5, 5.41) is 10.2. The number of carbonyl (C=O) groups excluding carboxylic acids is 2. The molecule has 0 aliphatic carbocycles. The van der Waals surface area contributed by atoms with Crippen molar-refractivity contribution in [3.8, 4) is 6.07 Å². The van der Waals surface area contributed by atoms with Crippen LogP contribution in [-0.4, -0.2) is 28.7 Å². The highest BCUT2D eigenvalue weighted by Crippen LogP contribution is 2.25. The number of ether oxygens (including phenoxy) is 2. The molecule has 0 amide bonds. The molecule has 0 N–H and O–H groups in total. The molecule has 6 heteroatoms. The maximum absolute atomic E-state index is 12.3. The first-order chi connectivity index (χ1) is 12.6. The van der Waals surface area contributed by atoms with Crippen molar-refractivity contribution >= 4 is 28.9 Å². The molecule has 6 nitrogen and oxygen atoms in total. The molecule has 0 radical (unpaired) electrons. The Morgan fingerprint density at radius 2 is 2.00 bits per heavy atom. The van der Waals surface area contributed by atoms with Crippen molar-refractivity contribution in [2.45, 2.75) is 46.8 Å². The van der Waals surface area contributed by atoms with Crippen molar-refractivity contribution in [3.05, 3.63) is 41.1 Å². The highest BCUT2D eigenvalue weighted by atomic mass is 16.6. The van der Waals surface area contributed by atoms with Gasteiger partial charge in [0.25, 0.3) is 0 Å². The number of hydrogen-bond donors (Lipinski definition) is 0. The van der Waals surface area contributed by atoms with E-state index in [1.54, 1.807) is 38.5 Å². The monoisotopic (exact) mass is 368 g/mol. The molecule has 2 aromatic rings. The standard InChI is InChI=1S/C21H24N2O4/c1-6-26-19(24)13-23-12-16(17-8-7-14(2)9-18(17)23)10-15(11-22)20(25)27-21(3,4)5/h7-10,12H,6,13H2,1-5H3/b15-10+. The number of esters is 2. The summed E-state index contributed by atoms with van der Waals surface area (Å²) >= 11 is 0. The van der Waals surface area contributed by atoms with Crippen molar-refractivity contribution in [2.75, 3.05) is 6.61 Å². The summed E-state index contributed by atoms with van der Waals surface area (Å²) in [5.41, 5.74) is 1.74. The molecule has 27 heavy (non-hydrogen) atoms. The molecule has 0 atom stereocenters. The average molecular weight is 368 g/mol. The van der Waals surface area contributed by atoms with Crippen LogP contribution in [-0.2, 0) is 25.6 Å². The first kappa shape index (κ1) is 20.2. The summed E-state index contributed by atoms with van der Waals surface area (Å²) in [6.07, 6.45) is 3.23. The Kier molecular flexibility index (Phi) is 6.06. The van der Waals surface area contributed by atoms with E-state index in [1.165, 1.54) is 6.08 Å². The average Bonchev–Trinajstić information content (AvgIpc) is 2.87. The highest BCUT2D eigenvalue weighted by molar-refractivity contribution is 6.01. The van der Waals surface area contributed by atoms with Gasteiger partial charge in [-0.05, 0) is 52.3 Å². The second kappa shape index (κ2) is 8.09. The Hall–Kier alpha value is -3.07. The van der Waals surface area contributed by atoms with Crippen LogP contribution in [0.1, 0.15) is 38.8 Å². The number of benzene rings is 1. The molecule has 0 unspecified atom stereocenters. The number of aromatic nitrogens is 1. The van der Waals surface area contributed by atoms with Crippen molar-refractivity contribution < 1.29 is 19.1 Å². The van der Waals surface area contributed by atoms with E-state index in [9.17, 15) is 14.9 Å². The molecule has 0 bridgehead atoms. The van der Waals surface area contributed by atoms with Gasteiger partial charge < -0.3 is 14.0 Å². The molecule has 0 saturated carbocycles. The van der Waals surface area contributed by atoms with Gasteiger partial charge in [0.05, 0.1) is 6.61 Å². The van der Waals surface area contributed by atoms with Gasteiger partial charge in [0.2, 0.25) is 0 Å². The van der Waals surface area contributed by atoms with Crippen molar-refractivity contribution in [1.29, 1.82) is 5.26 Å². The maximum atomic E-state index is 12.3. The van der Waals surface area contributed by atoms with E-state index < -0.39 is 11.6 Å². The Balaban J connectivity index is 2.50. The van der Waals surface area contributed by atoms with Crippen LogP contribution < -0.4 is 0 Å². The number of carbonyl (C=O) groups is 2. The van der Waals surface area contributed by atoms with Crippen LogP contribution in [0.2, 0.25) is 0 Å². The van der Waals surface area contributed by atoms with Crippen molar-refractivity contribution in [1.82, 2.24) is 4.57 Å². The number of aryl methyl sites for hydroxylation is 1. The number of fused-ring (bicyclic) bond motifs is 1. The minimum atomic E-state index is -0.692. The van der Waals surface area contributed by atoms with E-state index in [0.29, 0.717) is 12.2 Å². The lowest BCUT2D eigenvalue weighted by Gasteiger charge is -2.18. The largest absolute Gasteiger partial charge is 0.465 e. The summed E-state index contributed by atoms with van der Waals surface area (Å²) in [5.74, 6) is -1.03. The molecule has 0 fully saturated rings. The Labute approximate surface area is 159 Å². The third-order valence-corrected chi connectivity index (χ3v) is 3.71. The second-order valence-electron chi connectivity index (χ2n) is 7.21. The normalized spacial score (nSPS) is 11.9. The second-order valence-corrected chi connectivity index (χ2v) is 7.21. The van der Waals surface area contributed by atoms with Crippen LogP contribution >= 0.6 is 0 Å². The Morgan fingerprint density at radius 3 is 2.59 bits per heavy atom. The van der Waals surface area contributed by atoms with Crippen LogP contribution in [0.5, 0.6) is 0 Å². The molecule has 2 rings (SSSR count). The molecule has 0 aliphatic rings. The van der Waals surface area contributed by atoms with Gasteiger partial charge in [-0.3, -0.25) is 4.79 Å². The van der Waals surface area contributed by atoms with Crippen LogP contribution in [0.25, 0.3) is 17.0 Å². The summed E-state index contributed by atoms with van der Waals surface area (Å²) in [6.45, 7) is 9.30. The molecule has 142 valence electrons. The molecule has 0 aliphatic heterocycles. The number of rotatable bonds is 5. The molecule has 1 heterocycles. The van der Waals surface area contributed by atoms with Gasteiger partial charge in [0.15, 0.2) is 0 Å². The minimum Gasteiger partial charge on any atom is -0.465 e. The quantitative estimate of drug-likeness (QED) is 0.456. The van der Waals surface area contributed by atoms with Crippen LogP contribution in [0, 0.1) is 18.3 Å². The Bertz CT molecular complexity index is 939. The van der Waals surface area contributed by atoms with E-state index in [-0.39, 0.29) is 18.1 Å². The fraction of sp³-hybridized carbons (Fsp3) is 0.381. The third-order valence-electron chi connectivity index (χ3n) is 3.71. The van der Waals surface area contributed by atoms with Gasteiger partial charge >= 0.3 is 11.9 Å². The number of hydrogen-bond acceptors (Lipinski definition) is 5. The lowest BCUT2D eigenvalue weighted by Crippen LogP contribution is -2.24. The molecule has 0 spiro atoms. The number of nitriles is 1. The van der Waals surface area contributed by atoms with Gasteiger partial charge in [-0.2, -0.15) is 5.26 Å². The fourth-order valence-electron chi connectivity index (χ4n) is 2.65. The lowest BCUT2D eigenvalue weighted by molar-refractivity contribution is -0.149. The van der Waals surface area contributed by atoms with Crippen molar-refractivity contribution in [3.63, 3.8) is 0 Å². The van der Waals surface area contributed by atoms with Gasteiger partial charge in [0.1, 0.15) is 23.8 Å². The summed E-state index contributed by atoms with van der Waals surface area (Å²) in [7, 11) is 0. The van der Waals surface area contributed by atoms with Crippen LogP contribution in [0.4, 0.5) is 0 Å². The van der Waals surface area contributed by atoms with Gasteiger partial charge in [-0.15, -0.1) is 0 Å². The van der Waals surface area contributed by atoms with E-state index in [2.05, 4.69) is 0 Å². The SMILES string of the molecule is CCOC(=O)Cn1cc(/C=C(\C#N)C(=O)OC(C)(C)C)c2ccc(C)cc21. The van der Waals surface area contributed by atoms with Crippen LogP contribution in [0.15, 0.2) is 30.0 Å². The summed E-state index contributed by atoms with van der Waals surface area (Å²) < 4.78 is 12.1. The maximum Gasteiger partial charge on any atom is 0.349 e. The molecule has 0 saturated heterocycles. The first-order valence-corrected chi connectivity index (χ1v) is 8.75. The van der Waals surface area contributed by atoms with Gasteiger partial charge in [-0.1, -0.05) is 12.1 Å². The zero-order valence-corrected chi connectivity index (χ0v) is 16.3. The third kappa shape index (κ3) is 5.20. The fourth-order valence-corrected chi connectivity index (χ4v) is 2.65. The number of nitrogens with zero attached hydrogens (tertiary/aromatic N) is 2. The zero-order chi connectivity index (χ0) is 20.2. The zero-order valence-electron chi connectivity index (χ0n) is 16.3. The lowest BCUT2D eigenvalue weighted by atomic mass is 10.1. The van der Waals surface area contributed by atoms with E-state index in [4.69, 9.17) is 9.47 Å². The van der Waals surface area contributed by atoms with Crippen molar-refractivity contribution in [2.24, 2.45) is 0 Å². The van der Waals surface area contributed by atoms with E-state index >= 15 is 0 Å². The highest BCUT2D eigenvalue weighted by Gasteiger charge is 2.21. The smallest absolute Gasteiger partial charge is 0.349 e. The molecular formula is C21H24N2O4. The molecule has 1 aromatic carbocycles. The topological polar surface area (TPSA) is 81.3 Å². The van der Waals surface area contributed by atoms with Gasteiger partial charge in [-0.25, -0.2) is 4.79 Å². The molecule has 1 aromatic heterocycles. The first-order valence-electron chi connectivity index (χ1n) is 8.75. The van der Waals surface area contributed by atoms with E-state index in [1.807, 2.05) is 31.2 Å². The predicted octanol–water partition coefficient (Wildman–Crippen LogP) is 3.76. The predicted molar refractivity (Wildman–Crippen MR) is 103 cm³/mol.